The van der Waals surface area contributed by atoms with Gasteiger partial charge in [-0.05, 0) is 31.0 Å². The molecule has 0 spiro atoms. The number of aromatic nitrogens is 1. The Hall–Kier alpha value is -2.60. The van der Waals surface area contributed by atoms with Crippen LogP contribution in [0.2, 0.25) is 0 Å². The van der Waals surface area contributed by atoms with Gasteiger partial charge in [0.25, 0.3) is 5.56 Å². The molecule has 2 N–H and O–H groups in total. The van der Waals surface area contributed by atoms with E-state index < -0.39 is 0 Å². The van der Waals surface area contributed by atoms with Gasteiger partial charge >= 0.3 is 6.03 Å². The number of hydrogen-bond donors (Lipinski definition) is 2. The SMILES string of the molecule is COCCN(Cc1ccccc1)C(=O)NCc1c(C)cc(C)[nH]c1=O. The lowest BCUT2D eigenvalue weighted by Crippen LogP contribution is -2.41. The molecule has 0 atom stereocenters. The second-order valence-electron chi connectivity index (χ2n) is 6.00. The molecular formula is C19H25N3O3. The number of nitrogens with zero attached hydrogens (tertiary/aromatic N) is 1. The summed E-state index contributed by atoms with van der Waals surface area (Å²) in [7, 11) is 1.60. The largest absolute Gasteiger partial charge is 0.383 e. The number of ether oxygens (including phenoxy) is 1. The molecule has 0 fully saturated rings. The number of amides is 2. The molecule has 0 aliphatic rings. The highest BCUT2D eigenvalue weighted by Crippen LogP contribution is 2.06. The maximum atomic E-state index is 12.6. The van der Waals surface area contributed by atoms with E-state index in [0.29, 0.717) is 25.3 Å². The lowest BCUT2D eigenvalue weighted by Gasteiger charge is -2.23. The van der Waals surface area contributed by atoms with Crippen molar-refractivity contribution >= 4 is 6.03 Å². The van der Waals surface area contributed by atoms with Crippen LogP contribution in [0.4, 0.5) is 4.79 Å². The number of pyridine rings is 1. The van der Waals surface area contributed by atoms with E-state index in [-0.39, 0.29) is 18.1 Å². The van der Waals surface area contributed by atoms with Gasteiger partial charge in [-0.3, -0.25) is 4.79 Å². The Morgan fingerprint density at radius 3 is 2.60 bits per heavy atom. The Balaban J connectivity index is 2.05. The number of aromatic amines is 1. The van der Waals surface area contributed by atoms with E-state index in [1.807, 2.05) is 50.2 Å². The van der Waals surface area contributed by atoms with Crippen molar-refractivity contribution in [3.63, 3.8) is 0 Å². The average Bonchev–Trinajstić information content (AvgIpc) is 2.58. The Labute approximate surface area is 147 Å². The van der Waals surface area contributed by atoms with Crippen molar-refractivity contribution in [2.24, 2.45) is 0 Å². The molecule has 1 aromatic carbocycles. The second kappa shape index (κ2) is 9.03. The number of rotatable bonds is 7. The van der Waals surface area contributed by atoms with Gasteiger partial charge < -0.3 is 19.9 Å². The monoisotopic (exact) mass is 343 g/mol. The van der Waals surface area contributed by atoms with Gasteiger partial charge in [0.05, 0.1) is 13.2 Å². The van der Waals surface area contributed by atoms with Crippen molar-refractivity contribution in [3.05, 3.63) is 69.1 Å². The molecule has 2 rings (SSSR count). The number of nitrogens with one attached hydrogen (secondary N) is 2. The minimum atomic E-state index is -0.222. The van der Waals surface area contributed by atoms with Crippen LogP contribution in [-0.4, -0.2) is 36.2 Å². The Kier molecular flexibility index (Phi) is 6.77. The van der Waals surface area contributed by atoms with Crippen molar-refractivity contribution in [1.29, 1.82) is 0 Å². The Morgan fingerprint density at radius 2 is 1.96 bits per heavy atom. The summed E-state index contributed by atoms with van der Waals surface area (Å²) in [6, 6.07) is 11.4. The molecule has 0 saturated heterocycles. The van der Waals surface area contributed by atoms with Crippen molar-refractivity contribution in [2.75, 3.05) is 20.3 Å². The molecule has 25 heavy (non-hydrogen) atoms. The van der Waals surface area contributed by atoms with Crippen LogP contribution >= 0.6 is 0 Å². The molecule has 0 aliphatic heterocycles. The number of carbonyl (C=O) groups is 1. The maximum Gasteiger partial charge on any atom is 0.318 e. The van der Waals surface area contributed by atoms with Crippen LogP contribution in [0.25, 0.3) is 0 Å². The zero-order valence-corrected chi connectivity index (χ0v) is 15.0. The normalized spacial score (nSPS) is 10.5. The van der Waals surface area contributed by atoms with Gasteiger partial charge in [-0.25, -0.2) is 4.79 Å². The van der Waals surface area contributed by atoms with Crippen LogP contribution in [0.1, 0.15) is 22.4 Å². The zero-order valence-electron chi connectivity index (χ0n) is 15.0. The van der Waals surface area contributed by atoms with Gasteiger partial charge in [0, 0.05) is 31.5 Å². The van der Waals surface area contributed by atoms with Gasteiger partial charge in [0.1, 0.15) is 0 Å². The smallest absolute Gasteiger partial charge is 0.318 e. The highest BCUT2D eigenvalue weighted by molar-refractivity contribution is 5.74. The number of urea groups is 1. The second-order valence-corrected chi connectivity index (χ2v) is 6.00. The summed E-state index contributed by atoms with van der Waals surface area (Å²) in [6.07, 6.45) is 0. The summed E-state index contributed by atoms with van der Waals surface area (Å²) in [4.78, 5) is 29.1. The highest BCUT2D eigenvalue weighted by Gasteiger charge is 2.15. The van der Waals surface area contributed by atoms with Gasteiger partial charge in [-0.1, -0.05) is 30.3 Å². The van der Waals surface area contributed by atoms with E-state index in [2.05, 4.69) is 10.3 Å². The quantitative estimate of drug-likeness (QED) is 0.810. The molecule has 0 aliphatic carbocycles. The van der Waals surface area contributed by atoms with Crippen LogP contribution in [0.15, 0.2) is 41.2 Å². The van der Waals surface area contributed by atoms with Crippen molar-refractivity contribution in [3.8, 4) is 0 Å². The lowest BCUT2D eigenvalue weighted by molar-refractivity contribution is 0.146. The third-order valence-electron chi connectivity index (χ3n) is 3.98. The molecule has 134 valence electrons. The molecular weight excluding hydrogens is 318 g/mol. The van der Waals surface area contributed by atoms with Crippen LogP contribution in [0.3, 0.4) is 0 Å². The first-order valence-corrected chi connectivity index (χ1v) is 8.26. The fourth-order valence-corrected chi connectivity index (χ4v) is 2.63. The number of benzene rings is 1. The molecule has 0 unspecified atom stereocenters. The summed E-state index contributed by atoms with van der Waals surface area (Å²) in [5.74, 6) is 0. The summed E-state index contributed by atoms with van der Waals surface area (Å²) >= 11 is 0. The third-order valence-corrected chi connectivity index (χ3v) is 3.98. The number of carbonyl (C=O) groups excluding carboxylic acids is 1. The lowest BCUT2D eigenvalue weighted by atomic mass is 10.1. The number of hydrogen-bond acceptors (Lipinski definition) is 3. The van der Waals surface area contributed by atoms with Crippen molar-refractivity contribution < 1.29 is 9.53 Å². The van der Waals surface area contributed by atoms with Gasteiger partial charge in [-0.2, -0.15) is 0 Å². The van der Waals surface area contributed by atoms with Crippen LogP contribution in [-0.2, 0) is 17.8 Å². The third kappa shape index (κ3) is 5.46. The average molecular weight is 343 g/mol. The van der Waals surface area contributed by atoms with Crippen molar-refractivity contribution in [1.82, 2.24) is 15.2 Å². The molecule has 1 aromatic heterocycles. The molecule has 1 heterocycles. The summed E-state index contributed by atoms with van der Waals surface area (Å²) < 4.78 is 5.10. The predicted molar refractivity (Wildman–Crippen MR) is 97.5 cm³/mol. The topological polar surface area (TPSA) is 74.4 Å². The maximum absolute atomic E-state index is 12.6. The zero-order chi connectivity index (χ0) is 18.2. The van der Waals surface area contributed by atoms with Crippen LogP contribution in [0.5, 0.6) is 0 Å². The summed E-state index contributed by atoms with van der Waals surface area (Å²) in [5, 5.41) is 2.84. The summed E-state index contributed by atoms with van der Waals surface area (Å²) in [5.41, 5.74) is 3.13. The molecule has 0 saturated carbocycles. The first kappa shape index (κ1) is 18.7. The number of methoxy groups -OCH3 is 1. The van der Waals surface area contributed by atoms with E-state index in [0.717, 1.165) is 16.8 Å². The van der Waals surface area contributed by atoms with Crippen LogP contribution in [0, 0.1) is 13.8 Å². The molecule has 0 radical (unpaired) electrons. The van der Waals surface area contributed by atoms with E-state index in [9.17, 15) is 9.59 Å². The fourth-order valence-electron chi connectivity index (χ4n) is 2.63. The van der Waals surface area contributed by atoms with E-state index >= 15 is 0 Å². The highest BCUT2D eigenvalue weighted by atomic mass is 16.5. The molecule has 2 amide bonds. The number of aryl methyl sites for hydroxylation is 2. The molecule has 6 nitrogen and oxygen atoms in total. The summed E-state index contributed by atoms with van der Waals surface area (Å²) in [6.45, 7) is 5.31. The van der Waals surface area contributed by atoms with Crippen LogP contribution < -0.4 is 10.9 Å². The molecule has 6 heteroatoms. The minimum Gasteiger partial charge on any atom is -0.383 e. The van der Waals surface area contributed by atoms with Crippen molar-refractivity contribution in [2.45, 2.75) is 26.9 Å². The first-order chi connectivity index (χ1) is 12.0. The van der Waals surface area contributed by atoms with Gasteiger partial charge in [0.15, 0.2) is 0 Å². The fraction of sp³-hybridized carbons (Fsp3) is 0.368. The standard InChI is InChI=1S/C19H25N3O3/c1-14-11-15(2)21-18(23)17(14)12-20-19(24)22(9-10-25-3)13-16-7-5-4-6-8-16/h4-8,11H,9-10,12-13H2,1-3H3,(H,20,24)(H,21,23). The minimum absolute atomic E-state index is 0.163. The molecule has 2 aromatic rings. The van der Waals surface area contributed by atoms with Gasteiger partial charge in [-0.15, -0.1) is 0 Å². The van der Waals surface area contributed by atoms with E-state index in [4.69, 9.17) is 4.74 Å². The molecule has 0 bridgehead atoms. The Morgan fingerprint density at radius 1 is 1.24 bits per heavy atom. The Bertz CT molecular complexity index is 756. The number of H-pyrrole nitrogens is 1. The van der Waals surface area contributed by atoms with E-state index in [1.165, 1.54) is 0 Å². The van der Waals surface area contributed by atoms with Gasteiger partial charge in [0.2, 0.25) is 0 Å². The first-order valence-electron chi connectivity index (χ1n) is 8.26. The van der Waals surface area contributed by atoms with E-state index in [1.54, 1.807) is 12.0 Å². The predicted octanol–water partition coefficient (Wildman–Crippen LogP) is 2.35.